The van der Waals surface area contributed by atoms with Gasteiger partial charge in [-0.25, -0.2) is 0 Å². The van der Waals surface area contributed by atoms with E-state index in [2.05, 4.69) is 0 Å². The van der Waals surface area contributed by atoms with Gasteiger partial charge < -0.3 is 20.5 Å². The molecule has 0 radical (unpaired) electrons. The van der Waals surface area contributed by atoms with Crippen LogP contribution >= 0.6 is 0 Å². The predicted molar refractivity (Wildman–Crippen MR) is 63.2 cm³/mol. The van der Waals surface area contributed by atoms with Crippen LogP contribution in [-0.2, 0) is 0 Å². The highest BCUT2D eigenvalue weighted by Gasteiger charge is 2.26. The summed E-state index contributed by atoms with van der Waals surface area (Å²) in [5.74, 6) is 0.282. The number of rotatable bonds is 2. The van der Waals surface area contributed by atoms with Crippen molar-refractivity contribution in [3.63, 3.8) is 0 Å². The Hall–Kier alpha value is -1.75. The number of carbonyl (C=O) groups is 1. The third-order valence-electron chi connectivity index (χ3n) is 2.95. The average molecular weight is 236 g/mol. The summed E-state index contributed by atoms with van der Waals surface area (Å²) < 4.78 is 4.97. The highest BCUT2D eigenvalue weighted by atomic mass is 16.5. The first kappa shape index (κ1) is 11.7. The first-order valence-corrected chi connectivity index (χ1v) is 5.53. The maximum absolute atomic E-state index is 12.1. The number of phenolic OH excluding ortho intramolecular Hbond substituents is 1. The Balaban J connectivity index is 2.19. The fourth-order valence-electron chi connectivity index (χ4n) is 1.96. The van der Waals surface area contributed by atoms with Crippen LogP contribution in [0.3, 0.4) is 0 Å². The molecule has 1 fully saturated rings. The van der Waals surface area contributed by atoms with E-state index in [4.69, 9.17) is 10.5 Å². The Bertz CT molecular complexity index is 434. The molecule has 1 aliphatic rings. The van der Waals surface area contributed by atoms with Gasteiger partial charge in [-0.2, -0.15) is 0 Å². The molecular formula is C12H16N2O3. The number of likely N-dealkylation sites (tertiary alicyclic amines) is 1. The summed E-state index contributed by atoms with van der Waals surface area (Å²) in [6.45, 7) is 1.19. The van der Waals surface area contributed by atoms with Gasteiger partial charge in [-0.3, -0.25) is 4.79 Å². The predicted octanol–water partition coefficient (Wildman–Crippen LogP) is 0.574. The van der Waals surface area contributed by atoms with Crippen LogP contribution < -0.4 is 10.5 Å². The fraction of sp³-hybridized carbons (Fsp3) is 0.417. The molecule has 1 atom stereocenters. The molecule has 0 spiro atoms. The van der Waals surface area contributed by atoms with E-state index in [9.17, 15) is 9.90 Å². The van der Waals surface area contributed by atoms with Gasteiger partial charge in [-0.15, -0.1) is 0 Å². The van der Waals surface area contributed by atoms with Gasteiger partial charge in [0.1, 0.15) is 11.5 Å². The molecule has 3 N–H and O–H groups in total. The third-order valence-corrected chi connectivity index (χ3v) is 2.95. The van der Waals surface area contributed by atoms with Crippen LogP contribution in [0.5, 0.6) is 11.5 Å². The van der Waals surface area contributed by atoms with Crippen molar-refractivity contribution < 1.29 is 14.6 Å². The highest BCUT2D eigenvalue weighted by Crippen LogP contribution is 2.25. The lowest BCUT2D eigenvalue weighted by molar-refractivity contribution is 0.0788. The average Bonchev–Trinajstić information content (AvgIpc) is 2.75. The maximum Gasteiger partial charge on any atom is 0.257 e. The summed E-state index contributed by atoms with van der Waals surface area (Å²) in [6, 6.07) is 4.70. The molecule has 1 aromatic carbocycles. The molecule has 5 nitrogen and oxygen atoms in total. The van der Waals surface area contributed by atoms with Crippen molar-refractivity contribution in [2.24, 2.45) is 5.73 Å². The summed E-state index contributed by atoms with van der Waals surface area (Å²) in [7, 11) is 1.51. The molecule has 1 heterocycles. The van der Waals surface area contributed by atoms with Gasteiger partial charge in [0.05, 0.1) is 12.7 Å². The van der Waals surface area contributed by atoms with E-state index in [0.717, 1.165) is 6.42 Å². The SMILES string of the molecule is COc1ccc(C(=O)N2CCC(N)C2)c(O)c1. The van der Waals surface area contributed by atoms with Gasteiger partial charge in [0.2, 0.25) is 0 Å². The van der Waals surface area contributed by atoms with Crippen molar-refractivity contribution in [1.82, 2.24) is 4.90 Å². The van der Waals surface area contributed by atoms with Crippen molar-refractivity contribution >= 4 is 5.91 Å². The number of benzene rings is 1. The molecule has 0 saturated carbocycles. The summed E-state index contributed by atoms with van der Waals surface area (Å²) >= 11 is 0. The van der Waals surface area contributed by atoms with Crippen LogP contribution in [0.1, 0.15) is 16.8 Å². The Morgan fingerprint density at radius 3 is 2.88 bits per heavy atom. The van der Waals surface area contributed by atoms with Crippen LogP contribution in [0.15, 0.2) is 18.2 Å². The molecule has 5 heteroatoms. The number of hydrogen-bond donors (Lipinski definition) is 2. The van der Waals surface area contributed by atoms with Crippen molar-refractivity contribution in [3.8, 4) is 11.5 Å². The Labute approximate surface area is 99.8 Å². The highest BCUT2D eigenvalue weighted by molar-refractivity contribution is 5.97. The molecule has 1 aliphatic heterocycles. The largest absolute Gasteiger partial charge is 0.507 e. The fourth-order valence-corrected chi connectivity index (χ4v) is 1.96. The minimum atomic E-state index is -0.182. The van der Waals surface area contributed by atoms with Crippen LogP contribution in [0, 0.1) is 0 Å². The number of amides is 1. The summed E-state index contributed by atoms with van der Waals surface area (Å²) in [4.78, 5) is 13.7. The minimum Gasteiger partial charge on any atom is -0.507 e. The quantitative estimate of drug-likeness (QED) is 0.787. The van der Waals surface area contributed by atoms with Gasteiger partial charge in [0, 0.05) is 25.2 Å². The van der Waals surface area contributed by atoms with E-state index in [1.54, 1.807) is 17.0 Å². The number of aromatic hydroxyl groups is 1. The number of nitrogens with two attached hydrogens (primary N) is 1. The second-order valence-electron chi connectivity index (χ2n) is 4.18. The Morgan fingerprint density at radius 1 is 1.59 bits per heavy atom. The molecule has 1 aromatic rings. The molecule has 0 aromatic heterocycles. The number of phenols is 1. The first-order chi connectivity index (χ1) is 8.11. The number of methoxy groups -OCH3 is 1. The second kappa shape index (κ2) is 4.63. The van der Waals surface area contributed by atoms with Crippen molar-refractivity contribution in [1.29, 1.82) is 0 Å². The van der Waals surface area contributed by atoms with Crippen LogP contribution in [0.2, 0.25) is 0 Å². The van der Waals surface area contributed by atoms with Gasteiger partial charge in [-0.05, 0) is 18.6 Å². The summed E-state index contributed by atoms with van der Waals surface area (Å²) in [6.07, 6.45) is 0.808. The zero-order valence-electron chi connectivity index (χ0n) is 9.72. The van der Waals surface area contributed by atoms with Gasteiger partial charge in [0.25, 0.3) is 5.91 Å². The lowest BCUT2D eigenvalue weighted by Crippen LogP contribution is -2.31. The molecule has 0 aliphatic carbocycles. The molecule has 2 rings (SSSR count). The van der Waals surface area contributed by atoms with E-state index >= 15 is 0 Å². The normalized spacial score (nSPS) is 19.4. The second-order valence-corrected chi connectivity index (χ2v) is 4.18. The Kier molecular flexibility index (Phi) is 3.19. The Morgan fingerprint density at radius 2 is 2.35 bits per heavy atom. The molecule has 1 unspecified atom stereocenters. The number of hydrogen-bond acceptors (Lipinski definition) is 4. The van der Waals surface area contributed by atoms with Crippen molar-refractivity contribution in [3.05, 3.63) is 23.8 Å². The molecule has 1 amide bonds. The molecule has 17 heavy (non-hydrogen) atoms. The first-order valence-electron chi connectivity index (χ1n) is 5.53. The maximum atomic E-state index is 12.1. The van der Waals surface area contributed by atoms with Gasteiger partial charge in [0.15, 0.2) is 0 Å². The molecular weight excluding hydrogens is 220 g/mol. The zero-order chi connectivity index (χ0) is 12.4. The molecule has 92 valence electrons. The van der Waals surface area contributed by atoms with Crippen molar-refractivity contribution in [2.75, 3.05) is 20.2 Å². The van der Waals surface area contributed by atoms with E-state index in [-0.39, 0.29) is 17.7 Å². The molecule has 1 saturated heterocycles. The van der Waals surface area contributed by atoms with E-state index in [0.29, 0.717) is 24.4 Å². The van der Waals surface area contributed by atoms with E-state index in [1.165, 1.54) is 13.2 Å². The van der Waals surface area contributed by atoms with Crippen LogP contribution in [0.4, 0.5) is 0 Å². The lowest BCUT2D eigenvalue weighted by Gasteiger charge is -2.16. The summed E-state index contributed by atoms with van der Waals surface area (Å²) in [5.41, 5.74) is 6.04. The lowest BCUT2D eigenvalue weighted by atomic mass is 10.1. The van der Waals surface area contributed by atoms with E-state index in [1.807, 2.05) is 0 Å². The smallest absolute Gasteiger partial charge is 0.257 e. The minimum absolute atomic E-state index is 0.0411. The number of carbonyl (C=O) groups excluding carboxylic acids is 1. The standard InChI is InChI=1S/C12H16N2O3/c1-17-9-2-3-10(11(15)6-9)12(16)14-5-4-8(13)7-14/h2-3,6,8,15H,4-5,7,13H2,1H3. The zero-order valence-corrected chi connectivity index (χ0v) is 9.72. The van der Waals surface area contributed by atoms with E-state index < -0.39 is 0 Å². The van der Waals surface area contributed by atoms with Gasteiger partial charge in [-0.1, -0.05) is 0 Å². The topological polar surface area (TPSA) is 75.8 Å². The van der Waals surface area contributed by atoms with Crippen molar-refractivity contribution in [2.45, 2.75) is 12.5 Å². The summed E-state index contributed by atoms with van der Waals surface area (Å²) in [5, 5.41) is 9.76. The number of ether oxygens (including phenoxy) is 1. The number of nitrogens with zero attached hydrogens (tertiary/aromatic N) is 1. The third kappa shape index (κ3) is 2.34. The monoisotopic (exact) mass is 236 g/mol. The van der Waals surface area contributed by atoms with Gasteiger partial charge >= 0.3 is 0 Å². The molecule has 0 bridgehead atoms. The van der Waals surface area contributed by atoms with Crippen LogP contribution in [0.25, 0.3) is 0 Å². The van der Waals surface area contributed by atoms with Crippen LogP contribution in [-0.4, -0.2) is 42.2 Å².